The Bertz CT molecular complexity index is 209. The van der Waals surface area contributed by atoms with Gasteiger partial charge < -0.3 is 0 Å². The molecule has 10 heavy (non-hydrogen) atoms. The van der Waals surface area contributed by atoms with Crippen molar-refractivity contribution < 1.29 is 17.7 Å². The van der Waals surface area contributed by atoms with E-state index in [1.54, 1.807) is 0 Å². The molecule has 0 saturated heterocycles. The van der Waals surface area contributed by atoms with E-state index < -0.39 is 29.5 Å². The van der Waals surface area contributed by atoms with Gasteiger partial charge >= 0.3 is 0 Å². The van der Waals surface area contributed by atoms with E-state index >= 15 is 0 Å². The highest BCUT2D eigenvalue weighted by Gasteiger charge is 2.23. The Kier molecular flexibility index (Phi) is 1.60. The SMILES string of the molecule is FC1=NCN(F)C(F)=C1F. The first-order chi connectivity index (χ1) is 4.63. The normalized spacial score (nSPS) is 19.6. The van der Waals surface area contributed by atoms with E-state index in [0.29, 0.717) is 0 Å². The highest BCUT2D eigenvalue weighted by Crippen LogP contribution is 2.20. The fourth-order valence-electron chi connectivity index (χ4n) is 0.447. The predicted molar refractivity (Wildman–Crippen MR) is 25.6 cm³/mol. The molecule has 56 valence electrons. The lowest BCUT2D eigenvalue weighted by Gasteiger charge is -2.11. The quantitative estimate of drug-likeness (QED) is 0.294. The van der Waals surface area contributed by atoms with Gasteiger partial charge in [0.25, 0.3) is 11.9 Å². The van der Waals surface area contributed by atoms with E-state index in [9.17, 15) is 17.7 Å². The molecular weight excluding hydrogens is 152 g/mol. The van der Waals surface area contributed by atoms with E-state index in [2.05, 4.69) is 4.99 Å². The molecule has 0 N–H and O–H groups in total. The highest BCUT2D eigenvalue weighted by atomic mass is 19.2. The van der Waals surface area contributed by atoms with Crippen molar-refractivity contribution >= 4 is 5.97 Å². The van der Waals surface area contributed by atoms with Gasteiger partial charge in [-0.05, 0) is 0 Å². The molecule has 0 atom stereocenters. The average Bonchev–Trinajstić information content (AvgIpc) is 1.93. The molecule has 0 aromatic rings. The minimum absolute atomic E-state index is 0.627. The average molecular weight is 154 g/mol. The van der Waals surface area contributed by atoms with Crippen LogP contribution in [0.3, 0.4) is 0 Å². The fraction of sp³-hybridized carbons (Fsp3) is 0.250. The summed E-state index contributed by atoms with van der Waals surface area (Å²) in [7, 11) is 0. The molecule has 0 spiro atoms. The van der Waals surface area contributed by atoms with E-state index in [1.807, 2.05) is 0 Å². The van der Waals surface area contributed by atoms with Gasteiger partial charge in [-0.3, -0.25) is 0 Å². The van der Waals surface area contributed by atoms with Gasteiger partial charge in [0.1, 0.15) is 6.67 Å². The monoisotopic (exact) mass is 154 g/mol. The molecular formula is C4H2F4N2. The zero-order valence-corrected chi connectivity index (χ0v) is 4.61. The number of hydrogen-bond donors (Lipinski definition) is 0. The van der Waals surface area contributed by atoms with Gasteiger partial charge in [0.05, 0.1) is 0 Å². The summed E-state index contributed by atoms with van der Waals surface area (Å²) in [5.41, 5.74) is 0. The van der Waals surface area contributed by atoms with Crippen molar-refractivity contribution in [1.29, 1.82) is 0 Å². The van der Waals surface area contributed by atoms with E-state index in [1.165, 1.54) is 0 Å². The number of aliphatic imine (C=N–C) groups is 1. The van der Waals surface area contributed by atoms with Crippen molar-refractivity contribution in [3.8, 4) is 0 Å². The first-order valence-electron chi connectivity index (χ1n) is 2.32. The second kappa shape index (κ2) is 2.28. The van der Waals surface area contributed by atoms with Gasteiger partial charge in [-0.1, -0.05) is 4.48 Å². The van der Waals surface area contributed by atoms with Crippen LogP contribution in [0.15, 0.2) is 16.8 Å². The fourth-order valence-corrected chi connectivity index (χ4v) is 0.447. The molecule has 1 aliphatic heterocycles. The Morgan fingerprint density at radius 2 is 1.90 bits per heavy atom. The van der Waals surface area contributed by atoms with Gasteiger partial charge in [0.2, 0.25) is 5.83 Å². The Morgan fingerprint density at radius 1 is 1.30 bits per heavy atom. The summed E-state index contributed by atoms with van der Waals surface area (Å²) in [5.74, 6) is -5.37. The second-order valence-corrected chi connectivity index (χ2v) is 1.56. The van der Waals surface area contributed by atoms with Gasteiger partial charge in [0, 0.05) is 0 Å². The number of nitrogens with zero attached hydrogens (tertiary/aromatic N) is 2. The summed E-state index contributed by atoms with van der Waals surface area (Å²) in [6.07, 6.45) is 0. The largest absolute Gasteiger partial charge is 0.260 e. The minimum atomic E-state index is -1.89. The van der Waals surface area contributed by atoms with Crippen LogP contribution in [0.25, 0.3) is 0 Å². The van der Waals surface area contributed by atoms with Gasteiger partial charge in [0.15, 0.2) is 0 Å². The molecule has 0 bridgehead atoms. The first-order valence-corrected chi connectivity index (χ1v) is 2.32. The summed E-state index contributed by atoms with van der Waals surface area (Å²) >= 11 is 0. The van der Waals surface area contributed by atoms with Crippen molar-refractivity contribution in [1.82, 2.24) is 5.12 Å². The van der Waals surface area contributed by atoms with Crippen LogP contribution in [-0.2, 0) is 0 Å². The summed E-state index contributed by atoms with van der Waals surface area (Å²) in [5, 5.41) is -0.627. The Balaban J connectivity index is 2.94. The molecule has 0 fully saturated rings. The molecule has 2 nitrogen and oxygen atoms in total. The van der Waals surface area contributed by atoms with Crippen molar-refractivity contribution in [3.63, 3.8) is 0 Å². The molecule has 0 unspecified atom stereocenters. The molecule has 0 saturated carbocycles. The Hall–Kier alpha value is -1.07. The van der Waals surface area contributed by atoms with Crippen molar-refractivity contribution in [2.24, 2.45) is 4.99 Å². The summed E-state index contributed by atoms with van der Waals surface area (Å²) in [4.78, 5) is 2.67. The van der Waals surface area contributed by atoms with Gasteiger partial charge in [-0.2, -0.15) is 18.3 Å². The molecule has 0 aromatic heterocycles. The molecule has 1 rings (SSSR count). The van der Waals surface area contributed by atoms with Crippen LogP contribution in [0.1, 0.15) is 0 Å². The smallest absolute Gasteiger partial charge is 0.230 e. The zero-order chi connectivity index (χ0) is 7.72. The lowest BCUT2D eigenvalue weighted by Crippen LogP contribution is -2.18. The van der Waals surface area contributed by atoms with Crippen LogP contribution in [0.5, 0.6) is 0 Å². The summed E-state index contributed by atoms with van der Waals surface area (Å²) in [6, 6.07) is 0. The molecule has 0 radical (unpaired) electrons. The lowest BCUT2D eigenvalue weighted by atomic mass is 10.5. The maximum absolute atomic E-state index is 12.0. The van der Waals surface area contributed by atoms with Gasteiger partial charge in [-0.15, -0.1) is 0 Å². The maximum atomic E-state index is 12.0. The Morgan fingerprint density at radius 3 is 2.40 bits per heavy atom. The number of rotatable bonds is 0. The van der Waals surface area contributed by atoms with Crippen molar-refractivity contribution in [2.75, 3.05) is 6.67 Å². The zero-order valence-electron chi connectivity index (χ0n) is 4.61. The van der Waals surface area contributed by atoms with Crippen LogP contribution in [-0.4, -0.2) is 17.8 Å². The molecule has 1 heterocycles. The molecule has 1 aliphatic rings. The summed E-state index contributed by atoms with van der Waals surface area (Å²) in [6.45, 7) is -0.842. The summed E-state index contributed by atoms with van der Waals surface area (Å²) < 4.78 is 47.7. The van der Waals surface area contributed by atoms with Crippen LogP contribution >= 0.6 is 0 Å². The van der Waals surface area contributed by atoms with Crippen LogP contribution < -0.4 is 0 Å². The van der Waals surface area contributed by atoms with Crippen LogP contribution in [0, 0.1) is 0 Å². The third-order valence-corrected chi connectivity index (χ3v) is 0.909. The van der Waals surface area contributed by atoms with Crippen molar-refractivity contribution in [2.45, 2.75) is 0 Å². The number of hydrogen-bond acceptors (Lipinski definition) is 2. The van der Waals surface area contributed by atoms with Gasteiger partial charge in [-0.25, -0.2) is 4.99 Å². The standard InChI is InChI=1S/C4H2F4N2/c5-2-3(6)9-1-10(8)4(2)7/h1H2. The predicted octanol–water partition coefficient (Wildman–Crippen LogP) is 1.62. The third-order valence-electron chi connectivity index (χ3n) is 0.909. The second-order valence-electron chi connectivity index (χ2n) is 1.56. The molecule has 0 aromatic carbocycles. The first kappa shape index (κ1) is 7.04. The minimum Gasteiger partial charge on any atom is -0.230 e. The number of halogens is 4. The lowest BCUT2D eigenvalue weighted by molar-refractivity contribution is 0.0332. The molecule has 0 aliphatic carbocycles. The van der Waals surface area contributed by atoms with Crippen LogP contribution in [0.4, 0.5) is 17.7 Å². The van der Waals surface area contributed by atoms with E-state index in [4.69, 9.17) is 0 Å². The van der Waals surface area contributed by atoms with E-state index in [0.717, 1.165) is 0 Å². The Labute approximate surface area is 53.4 Å². The van der Waals surface area contributed by atoms with E-state index in [-0.39, 0.29) is 0 Å². The highest BCUT2D eigenvalue weighted by molar-refractivity contribution is 5.91. The molecule has 0 amide bonds. The maximum Gasteiger partial charge on any atom is 0.260 e. The van der Waals surface area contributed by atoms with Crippen LogP contribution in [0.2, 0.25) is 0 Å². The number of allylic oxidation sites excluding steroid dienone is 1. The van der Waals surface area contributed by atoms with Crippen molar-refractivity contribution in [3.05, 3.63) is 11.8 Å². The molecule has 6 heteroatoms. The topological polar surface area (TPSA) is 15.6 Å². The third kappa shape index (κ3) is 0.960.